The van der Waals surface area contributed by atoms with Crippen LogP contribution in [-0.4, -0.2) is 19.7 Å². The first-order valence-corrected chi connectivity index (χ1v) is 6.85. The van der Waals surface area contributed by atoms with Gasteiger partial charge in [0, 0.05) is 42.1 Å². The predicted octanol–water partition coefficient (Wildman–Crippen LogP) is 2.66. The Morgan fingerprint density at radius 2 is 2.30 bits per heavy atom. The quantitative estimate of drug-likeness (QED) is 0.668. The van der Waals surface area contributed by atoms with Crippen molar-refractivity contribution in [1.82, 2.24) is 14.8 Å². The minimum absolute atomic E-state index is 0.0543. The van der Waals surface area contributed by atoms with Crippen molar-refractivity contribution >= 4 is 27.4 Å². The molecule has 0 aliphatic heterocycles. The molecule has 0 atom stereocenters. The molecule has 0 aliphatic carbocycles. The molecule has 2 heterocycles. The lowest BCUT2D eigenvalue weighted by molar-refractivity contribution is -0.384. The monoisotopic (exact) mass is 339 g/mol. The number of nitro groups is 1. The highest BCUT2D eigenvalue weighted by Gasteiger charge is 2.16. The molecule has 0 spiro atoms. The Morgan fingerprint density at radius 1 is 1.55 bits per heavy atom. The SMILES string of the molecule is CCc1nn(C)cc1CNc1ncc(Br)cc1[N+](=O)[O-]. The van der Waals surface area contributed by atoms with Crippen LogP contribution in [0.2, 0.25) is 0 Å². The van der Waals surface area contributed by atoms with Crippen molar-refractivity contribution in [3.63, 3.8) is 0 Å². The van der Waals surface area contributed by atoms with Crippen LogP contribution in [0.5, 0.6) is 0 Å². The van der Waals surface area contributed by atoms with Crippen LogP contribution in [0.1, 0.15) is 18.2 Å². The largest absolute Gasteiger partial charge is 0.360 e. The van der Waals surface area contributed by atoms with E-state index in [9.17, 15) is 10.1 Å². The summed E-state index contributed by atoms with van der Waals surface area (Å²) < 4.78 is 2.31. The average Bonchev–Trinajstić information content (AvgIpc) is 2.77. The van der Waals surface area contributed by atoms with Crippen molar-refractivity contribution in [3.8, 4) is 0 Å². The Kier molecular flexibility index (Phi) is 4.33. The maximum atomic E-state index is 11.0. The maximum absolute atomic E-state index is 11.0. The summed E-state index contributed by atoms with van der Waals surface area (Å²) in [4.78, 5) is 14.6. The second-order valence-corrected chi connectivity index (χ2v) is 5.18. The standard InChI is InChI=1S/C12H14BrN5O2/c1-3-10-8(7-17(2)16-10)5-14-12-11(18(19)20)4-9(13)6-15-12/h4,6-7H,3,5H2,1-2H3,(H,14,15). The fraction of sp³-hybridized carbons (Fsp3) is 0.333. The van der Waals surface area contributed by atoms with E-state index in [2.05, 4.69) is 31.3 Å². The van der Waals surface area contributed by atoms with Gasteiger partial charge >= 0.3 is 5.69 Å². The first kappa shape index (κ1) is 14.4. The van der Waals surface area contributed by atoms with Crippen molar-refractivity contribution < 1.29 is 4.92 Å². The van der Waals surface area contributed by atoms with Gasteiger partial charge < -0.3 is 5.32 Å². The van der Waals surface area contributed by atoms with E-state index < -0.39 is 4.92 Å². The van der Waals surface area contributed by atoms with Crippen LogP contribution in [0.4, 0.5) is 11.5 Å². The van der Waals surface area contributed by atoms with Gasteiger partial charge in [0.1, 0.15) is 0 Å². The molecule has 106 valence electrons. The number of nitrogens with one attached hydrogen (secondary N) is 1. The van der Waals surface area contributed by atoms with Crippen LogP contribution >= 0.6 is 15.9 Å². The molecular weight excluding hydrogens is 326 g/mol. The number of anilines is 1. The second kappa shape index (κ2) is 6.00. The Labute approximate surface area is 124 Å². The number of rotatable bonds is 5. The first-order valence-electron chi connectivity index (χ1n) is 6.06. The summed E-state index contributed by atoms with van der Waals surface area (Å²) in [5.74, 6) is 0.254. The van der Waals surface area contributed by atoms with Gasteiger partial charge in [-0.25, -0.2) is 4.98 Å². The average molecular weight is 340 g/mol. The number of nitrogens with zero attached hydrogens (tertiary/aromatic N) is 4. The number of aromatic nitrogens is 3. The summed E-state index contributed by atoms with van der Waals surface area (Å²) in [5.41, 5.74) is 1.93. The number of hydrogen-bond acceptors (Lipinski definition) is 5. The fourth-order valence-corrected chi connectivity index (χ4v) is 2.23. The Morgan fingerprint density at radius 3 is 2.95 bits per heavy atom. The number of pyridine rings is 1. The molecule has 1 N–H and O–H groups in total. The van der Waals surface area contributed by atoms with E-state index in [-0.39, 0.29) is 11.5 Å². The molecule has 0 saturated carbocycles. The maximum Gasteiger partial charge on any atom is 0.312 e. The lowest BCUT2D eigenvalue weighted by atomic mass is 10.2. The molecule has 2 aromatic rings. The zero-order valence-electron chi connectivity index (χ0n) is 11.1. The van der Waals surface area contributed by atoms with Crippen LogP contribution < -0.4 is 5.32 Å². The molecule has 0 unspecified atom stereocenters. The molecule has 8 heteroatoms. The normalized spacial score (nSPS) is 10.6. The second-order valence-electron chi connectivity index (χ2n) is 4.26. The highest BCUT2D eigenvalue weighted by Crippen LogP contribution is 2.25. The van der Waals surface area contributed by atoms with Crippen LogP contribution in [0.25, 0.3) is 0 Å². The molecule has 0 aromatic carbocycles. The minimum atomic E-state index is -0.454. The molecule has 0 amide bonds. The molecule has 7 nitrogen and oxygen atoms in total. The number of halogens is 1. The molecule has 20 heavy (non-hydrogen) atoms. The van der Waals surface area contributed by atoms with Crippen LogP contribution in [-0.2, 0) is 20.0 Å². The van der Waals surface area contributed by atoms with Gasteiger partial charge in [-0.3, -0.25) is 14.8 Å². The molecule has 0 radical (unpaired) electrons. The molecule has 0 aliphatic rings. The fourth-order valence-electron chi connectivity index (χ4n) is 1.91. The van der Waals surface area contributed by atoms with E-state index in [0.717, 1.165) is 17.7 Å². The summed E-state index contributed by atoms with van der Waals surface area (Å²) in [7, 11) is 1.85. The first-order chi connectivity index (χ1) is 9.51. The molecule has 0 fully saturated rings. The lowest BCUT2D eigenvalue weighted by Crippen LogP contribution is -2.05. The summed E-state index contributed by atoms with van der Waals surface area (Å²) >= 11 is 3.18. The number of hydrogen-bond donors (Lipinski definition) is 1. The van der Waals surface area contributed by atoms with E-state index in [4.69, 9.17) is 0 Å². The van der Waals surface area contributed by atoms with Gasteiger partial charge in [0.05, 0.1) is 10.6 Å². The summed E-state index contributed by atoms with van der Waals surface area (Å²) in [5, 5.41) is 18.3. The van der Waals surface area contributed by atoms with E-state index in [1.807, 2.05) is 20.2 Å². The third-order valence-corrected chi connectivity index (χ3v) is 3.24. The minimum Gasteiger partial charge on any atom is -0.360 e. The molecule has 0 saturated heterocycles. The van der Waals surface area contributed by atoms with Gasteiger partial charge in [0.15, 0.2) is 0 Å². The third kappa shape index (κ3) is 3.13. The van der Waals surface area contributed by atoms with Gasteiger partial charge in [-0.2, -0.15) is 5.10 Å². The van der Waals surface area contributed by atoms with Crippen LogP contribution in [0.15, 0.2) is 22.9 Å². The zero-order chi connectivity index (χ0) is 14.7. The van der Waals surface area contributed by atoms with Crippen LogP contribution in [0.3, 0.4) is 0 Å². The van der Waals surface area contributed by atoms with Crippen molar-refractivity contribution in [2.45, 2.75) is 19.9 Å². The van der Waals surface area contributed by atoms with E-state index in [1.54, 1.807) is 4.68 Å². The number of aryl methyl sites for hydroxylation is 2. The van der Waals surface area contributed by atoms with Gasteiger partial charge in [-0.05, 0) is 22.4 Å². The smallest absolute Gasteiger partial charge is 0.312 e. The summed E-state index contributed by atoms with van der Waals surface area (Å²) in [6, 6.07) is 1.43. The zero-order valence-corrected chi connectivity index (χ0v) is 12.7. The van der Waals surface area contributed by atoms with Gasteiger partial charge in [0.25, 0.3) is 0 Å². The van der Waals surface area contributed by atoms with Gasteiger partial charge in [-0.1, -0.05) is 6.92 Å². The molecule has 2 aromatic heterocycles. The highest BCUT2D eigenvalue weighted by molar-refractivity contribution is 9.10. The molecular formula is C12H14BrN5O2. The van der Waals surface area contributed by atoms with Crippen molar-refractivity contribution in [3.05, 3.63) is 44.3 Å². The summed E-state index contributed by atoms with van der Waals surface area (Å²) in [6.45, 7) is 2.47. The lowest BCUT2D eigenvalue weighted by Gasteiger charge is -2.06. The molecule has 2 rings (SSSR count). The van der Waals surface area contributed by atoms with E-state index >= 15 is 0 Å². The van der Waals surface area contributed by atoms with E-state index in [1.165, 1.54) is 12.3 Å². The Bertz CT molecular complexity index is 641. The van der Waals surface area contributed by atoms with Crippen molar-refractivity contribution in [1.29, 1.82) is 0 Å². The Balaban J connectivity index is 2.20. The van der Waals surface area contributed by atoms with Crippen molar-refractivity contribution in [2.75, 3.05) is 5.32 Å². The van der Waals surface area contributed by atoms with Gasteiger partial charge in [0.2, 0.25) is 5.82 Å². The summed E-state index contributed by atoms with van der Waals surface area (Å²) in [6.07, 6.45) is 4.24. The van der Waals surface area contributed by atoms with E-state index in [0.29, 0.717) is 11.0 Å². The Hall–Kier alpha value is -1.96. The molecule has 0 bridgehead atoms. The highest BCUT2D eigenvalue weighted by atomic mass is 79.9. The van der Waals surface area contributed by atoms with Crippen molar-refractivity contribution in [2.24, 2.45) is 7.05 Å². The van der Waals surface area contributed by atoms with Crippen LogP contribution in [0, 0.1) is 10.1 Å². The topological polar surface area (TPSA) is 85.9 Å². The van der Waals surface area contributed by atoms with Gasteiger partial charge in [-0.15, -0.1) is 0 Å². The third-order valence-electron chi connectivity index (χ3n) is 2.80. The predicted molar refractivity (Wildman–Crippen MR) is 78.5 cm³/mol.